The molecule has 6 nitrogen and oxygen atoms in total. The van der Waals surface area contributed by atoms with Gasteiger partial charge in [0.2, 0.25) is 17.7 Å². The number of fused-ring (bicyclic) bond motifs is 7. The summed E-state index contributed by atoms with van der Waals surface area (Å²) in [6, 6.07) is 10.5. The fourth-order valence-corrected chi connectivity index (χ4v) is 6.76. The van der Waals surface area contributed by atoms with Gasteiger partial charge < -0.3 is 5.32 Å². The summed E-state index contributed by atoms with van der Waals surface area (Å²) >= 11 is 12.2. The maximum Gasteiger partial charge on any atom is 0.250 e. The van der Waals surface area contributed by atoms with Crippen molar-refractivity contribution >= 4 is 52.3 Å². The normalized spacial score (nSPS) is 30.8. The average molecular weight is 470 g/mol. The van der Waals surface area contributed by atoms with Gasteiger partial charge in [0.05, 0.1) is 27.6 Å². The molecule has 2 aromatic carbocycles. The number of hydrogen-bond donors (Lipinski definition) is 1. The van der Waals surface area contributed by atoms with E-state index >= 15 is 0 Å². The van der Waals surface area contributed by atoms with Crippen molar-refractivity contribution in [3.05, 3.63) is 57.6 Å². The summed E-state index contributed by atoms with van der Waals surface area (Å²) in [5.74, 6) is -2.16. The summed E-state index contributed by atoms with van der Waals surface area (Å²) in [5, 5.41) is 3.71. The van der Waals surface area contributed by atoms with Gasteiger partial charge in [-0.1, -0.05) is 48.3 Å². The van der Waals surface area contributed by atoms with Gasteiger partial charge in [0.1, 0.15) is 5.54 Å². The molecule has 2 aromatic rings. The summed E-state index contributed by atoms with van der Waals surface area (Å²) in [6.45, 7) is 2.73. The van der Waals surface area contributed by atoms with Crippen molar-refractivity contribution in [3.63, 3.8) is 0 Å². The van der Waals surface area contributed by atoms with Gasteiger partial charge >= 0.3 is 0 Å². The third kappa shape index (κ3) is 2.28. The van der Waals surface area contributed by atoms with E-state index in [-0.39, 0.29) is 28.8 Å². The molecule has 0 radical (unpaired) electrons. The van der Waals surface area contributed by atoms with E-state index in [1.807, 2.05) is 25.1 Å². The zero-order chi connectivity index (χ0) is 22.4. The van der Waals surface area contributed by atoms with E-state index in [0.717, 1.165) is 36.1 Å². The van der Waals surface area contributed by atoms with Crippen LogP contribution in [0.1, 0.15) is 30.9 Å². The van der Waals surface area contributed by atoms with Crippen molar-refractivity contribution in [2.24, 2.45) is 11.8 Å². The number of rotatable bonds is 2. The Morgan fingerprint density at radius 2 is 1.91 bits per heavy atom. The number of halogens is 2. The molecule has 0 saturated carbocycles. The number of anilines is 2. The predicted molar refractivity (Wildman–Crippen MR) is 122 cm³/mol. The number of hydrogen-bond acceptors (Lipinski definition) is 4. The van der Waals surface area contributed by atoms with Crippen molar-refractivity contribution in [1.29, 1.82) is 0 Å². The van der Waals surface area contributed by atoms with E-state index in [1.54, 1.807) is 12.1 Å². The van der Waals surface area contributed by atoms with Crippen LogP contribution in [0.5, 0.6) is 0 Å². The highest BCUT2D eigenvalue weighted by atomic mass is 35.5. The minimum Gasteiger partial charge on any atom is -0.324 e. The lowest BCUT2D eigenvalue weighted by Gasteiger charge is -2.36. The topological polar surface area (TPSA) is 69.7 Å². The molecular weight excluding hydrogens is 449 g/mol. The van der Waals surface area contributed by atoms with Gasteiger partial charge in [0, 0.05) is 17.3 Å². The molecule has 3 saturated heterocycles. The number of amides is 3. The van der Waals surface area contributed by atoms with Crippen LogP contribution in [-0.4, -0.2) is 35.2 Å². The number of imide groups is 1. The van der Waals surface area contributed by atoms with Crippen LogP contribution in [0.3, 0.4) is 0 Å². The van der Waals surface area contributed by atoms with Gasteiger partial charge in [0.15, 0.2) is 0 Å². The highest BCUT2D eigenvalue weighted by Gasteiger charge is 2.74. The summed E-state index contributed by atoms with van der Waals surface area (Å²) in [7, 11) is 0. The fraction of sp³-hybridized carbons (Fsp3) is 0.375. The van der Waals surface area contributed by atoms with E-state index in [1.165, 1.54) is 11.0 Å². The van der Waals surface area contributed by atoms with E-state index in [2.05, 4.69) is 10.2 Å². The maximum atomic E-state index is 13.9. The van der Waals surface area contributed by atoms with Crippen LogP contribution >= 0.6 is 23.2 Å². The minimum atomic E-state index is -1.16. The molecule has 4 aliphatic heterocycles. The lowest BCUT2D eigenvalue weighted by Crippen LogP contribution is -2.54. The van der Waals surface area contributed by atoms with E-state index in [4.69, 9.17) is 23.2 Å². The van der Waals surface area contributed by atoms with Gasteiger partial charge in [-0.05, 0) is 49.6 Å². The molecule has 0 aliphatic carbocycles. The smallest absolute Gasteiger partial charge is 0.250 e. The molecule has 4 aliphatic rings. The van der Waals surface area contributed by atoms with Crippen LogP contribution in [0.4, 0.5) is 11.4 Å². The summed E-state index contributed by atoms with van der Waals surface area (Å²) in [6.07, 6.45) is 2.44. The minimum absolute atomic E-state index is 0.147. The summed E-state index contributed by atoms with van der Waals surface area (Å²) < 4.78 is 0. The van der Waals surface area contributed by atoms with Crippen molar-refractivity contribution in [2.45, 2.75) is 37.8 Å². The molecule has 1 N–H and O–H groups in total. The van der Waals surface area contributed by atoms with E-state index < -0.39 is 17.4 Å². The Kier molecular flexibility index (Phi) is 4.29. The highest BCUT2D eigenvalue weighted by Crippen LogP contribution is 2.61. The van der Waals surface area contributed by atoms with Gasteiger partial charge in [0.25, 0.3) is 0 Å². The Labute approximate surface area is 195 Å². The number of aryl methyl sites for hydroxylation is 1. The second-order valence-corrected chi connectivity index (χ2v) is 9.74. The Morgan fingerprint density at radius 3 is 2.66 bits per heavy atom. The molecular formula is C24H21Cl2N3O3. The third-order valence-corrected chi connectivity index (χ3v) is 8.40. The average Bonchev–Trinajstić information content (AvgIpc) is 3.48. The Morgan fingerprint density at radius 1 is 1.09 bits per heavy atom. The fourth-order valence-electron chi connectivity index (χ4n) is 6.46. The summed E-state index contributed by atoms with van der Waals surface area (Å²) in [4.78, 5) is 44.7. The van der Waals surface area contributed by atoms with Crippen LogP contribution in [0.15, 0.2) is 36.4 Å². The maximum absolute atomic E-state index is 13.9. The van der Waals surface area contributed by atoms with Gasteiger partial charge in [-0.15, -0.1) is 0 Å². The van der Waals surface area contributed by atoms with Crippen LogP contribution in [0.2, 0.25) is 10.0 Å². The molecule has 6 rings (SSSR count). The first-order valence-electron chi connectivity index (χ1n) is 10.9. The monoisotopic (exact) mass is 469 g/mol. The number of carbonyl (C=O) groups excluding carboxylic acids is 3. The lowest BCUT2D eigenvalue weighted by atomic mass is 9.75. The van der Waals surface area contributed by atoms with E-state index in [0.29, 0.717) is 17.3 Å². The Balaban J connectivity index is 1.55. The molecule has 8 heteroatoms. The molecule has 32 heavy (non-hydrogen) atoms. The molecule has 0 bridgehead atoms. The predicted octanol–water partition coefficient (Wildman–Crippen LogP) is 3.99. The number of para-hydroxylation sites is 1. The van der Waals surface area contributed by atoms with Crippen LogP contribution in [0, 0.1) is 11.8 Å². The second kappa shape index (κ2) is 6.80. The molecule has 4 heterocycles. The lowest BCUT2D eigenvalue weighted by molar-refractivity contribution is -0.135. The highest BCUT2D eigenvalue weighted by molar-refractivity contribution is 6.42. The first-order chi connectivity index (χ1) is 15.4. The van der Waals surface area contributed by atoms with E-state index in [9.17, 15) is 14.4 Å². The van der Waals surface area contributed by atoms with Crippen molar-refractivity contribution in [3.8, 4) is 0 Å². The van der Waals surface area contributed by atoms with Crippen molar-refractivity contribution < 1.29 is 14.4 Å². The van der Waals surface area contributed by atoms with Crippen LogP contribution in [-0.2, 0) is 26.3 Å². The number of nitrogens with zero attached hydrogens (tertiary/aromatic N) is 2. The molecule has 164 valence electrons. The van der Waals surface area contributed by atoms with Crippen LogP contribution < -0.4 is 10.2 Å². The second-order valence-electron chi connectivity index (χ2n) is 8.93. The number of carbonyl (C=O) groups is 3. The largest absolute Gasteiger partial charge is 0.324 e. The molecule has 3 fully saturated rings. The number of benzene rings is 2. The van der Waals surface area contributed by atoms with Gasteiger partial charge in [-0.25, -0.2) is 4.90 Å². The first-order valence-corrected chi connectivity index (χ1v) is 11.7. The first kappa shape index (κ1) is 20.2. The summed E-state index contributed by atoms with van der Waals surface area (Å²) in [5.41, 5.74) is 1.87. The number of nitrogens with one attached hydrogen (secondary N) is 1. The zero-order valence-corrected chi connectivity index (χ0v) is 18.9. The molecule has 0 aromatic heterocycles. The third-order valence-electron chi connectivity index (χ3n) is 7.66. The van der Waals surface area contributed by atoms with Crippen molar-refractivity contribution in [2.75, 3.05) is 16.8 Å². The Bertz CT molecular complexity index is 1210. The molecule has 3 amide bonds. The Hall–Kier alpha value is -2.41. The van der Waals surface area contributed by atoms with Crippen molar-refractivity contribution in [1.82, 2.24) is 4.90 Å². The zero-order valence-electron chi connectivity index (χ0n) is 17.4. The quantitative estimate of drug-likeness (QED) is 0.675. The molecule has 4 atom stereocenters. The SMILES string of the molecule is CCc1cccc2c1NC(=O)[C@]21[C@@H]2C(=O)N(c3ccc(Cl)c(Cl)c3)C(=O)[C@@H]2[C@@H]2CCCN21. The molecule has 0 unspecified atom stereocenters. The van der Waals surface area contributed by atoms with Gasteiger partial charge in [-0.2, -0.15) is 0 Å². The van der Waals surface area contributed by atoms with Gasteiger partial charge in [-0.3, -0.25) is 19.3 Å². The van der Waals surface area contributed by atoms with Crippen LogP contribution in [0.25, 0.3) is 0 Å². The molecule has 1 spiro atoms. The standard InChI is InChI=1S/C24H21Cl2N3O3/c1-2-12-5-3-6-14-20(12)27-23(32)24(14)19-18(17-7-4-10-28(17)24)21(30)29(22(19)31)13-8-9-15(25)16(26)11-13/h3,5-6,8-9,11,17-19H,2,4,7,10H2,1H3,(H,27,32)/t17-,18+,19-,24+/m0/s1.